The van der Waals surface area contributed by atoms with Crippen LogP contribution in [0.3, 0.4) is 0 Å². The largest absolute Gasteiger partial charge is 0.493 e. The van der Waals surface area contributed by atoms with Crippen molar-refractivity contribution in [2.75, 3.05) is 37.0 Å². The quantitative estimate of drug-likeness (QED) is 0.741. The van der Waals surface area contributed by atoms with E-state index in [9.17, 15) is 14.4 Å². The molecule has 0 aliphatic carbocycles. The molecule has 2 aromatic carbocycles. The van der Waals surface area contributed by atoms with Gasteiger partial charge in [0.05, 0.1) is 13.0 Å². The van der Waals surface area contributed by atoms with Crippen molar-refractivity contribution >= 4 is 29.1 Å². The van der Waals surface area contributed by atoms with Crippen molar-refractivity contribution < 1.29 is 19.1 Å². The summed E-state index contributed by atoms with van der Waals surface area (Å²) < 4.78 is 5.60. The van der Waals surface area contributed by atoms with Crippen molar-refractivity contribution in [2.24, 2.45) is 5.92 Å². The van der Waals surface area contributed by atoms with Crippen LogP contribution in [0.15, 0.2) is 54.6 Å². The van der Waals surface area contributed by atoms with Crippen LogP contribution in [0.5, 0.6) is 5.75 Å². The molecular weight excluding hydrogens is 394 g/mol. The Morgan fingerprint density at radius 3 is 2.29 bits per heavy atom. The van der Waals surface area contributed by atoms with Gasteiger partial charge in [0, 0.05) is 44.4 Å². The number of likely N-dealkylation sites (tertiary alicyclic amines) is 1. The van der Waals surface area contributed by atoms with Crippen LogP contribution in [0.2, 0.25) is 0 Å². The molecule has 7 nitrogen and oxygen atoms in total. The molecule has 1 aliphatic heterocycles. The second-order valence-electron chi connectivity index (χ2n) is 7.68. The summed E-state index contributed by atoms with van der Waals surface area (Å²) in [7, 11) is 1.71. The lowest BCUT2D eigenvalue weighted by Gasteiger charge is -2.31. The highest BCUT2D eigenvalue weighted by molar-refractivity contribution is 5.94. The van der Waals surface area contributed by atoms with E-state index in [4.69, 9.17) is 4.74 Å². The second-order valence-corrected chi connectivity index (χ2v) is 7.68. The molecule has 1 N–H and O–H groups in total. The van der Waals surface area contributed by atoms with Crippen LogP contribution in [0.4, 0.5) is 11.4 Å². The van der Waals surface area contributed by atoms with Crippen LogP contribution in [-0.2, 0) is 14.4 Å². The van der Waals surface area contributed by atoms with Crippen molar-refractivity contribution in [3.63, 3.8) is 0 Å². The lowest BCUT2D eigenvalue weighted by molar-refractivity contribution is -0.135. The van der Waals surface area contributed by atoms with E-state index in [0.29, 0.717) is 44.6 Å². The third-order valence-electron chi connectivity index (χ3n) is 5.54. The van der Waals surface area contributed by atoms with Gasteiger partial charge in [0.25, 0.3) is 0 Å². The zero-order valence-corrected chi connectivity index (χ0v) is 18.0. The van der Waals surface area contributed by atoms with Crippen LogP contribution < -0.4 is 15.0 Å². The van der Waals surface area contributed by atoms with Gasteiger partial charge in [-0.05, 0) is 49.2 Å². The fraction of sp³-hybridized carbons (Fsp3) is 0.375. The molecule has 1 aliphatic rings. The van der Waals surface area contributed by atoms with Gasteiger partial charge in [0.2, 0.25) is 17.7 Å². The average Bonchev–Trinajstić information content (AvgIpc) is 2.79. The number of benzene rings is 2. The Labute approximate surface area is 183 Å². The number of hydrogen-bond donors (Lipinski definition) is 1. The third kappa shape index (κ3) is 6.31. The van der Waals surface area contributed by atoms with Gasteiger partial charge in [-0.1, -0.05) is 18.2 Å². The molecule has 0 spiro atoms. The molecule has 0 saturated carbocycles. The molecule has 0 radical (unpaired) electrons. The molecule has 0 aromatic heterocycles. The zero-order valence-electron chi connectivity index (χ0n) is 18.0. The predicted octanol–water partition coefficient (Wildman–Crippen LogP) is 3.32. The fourth-order valence-corrected chi connectivity index (χ4v) is 3.52. The zero-order chi connectivity index (χ0) is 22.2. The standard InChI is InChI=1S/C24H29N3O4/c1-18(28)26(2)21-10-8-20(9-11-21)25-24(30)19-12-15-27(16-13-19)23(29)14-17-31-22-6-4-3-5-7-22/h3-11,19H,12-17H2,1-2H3,(H,25,30). The predicted molar refractivity (Wildman–Crippen MR) is 120 cm³/mol. The Bertz CT molecular complexity index is 891. The molecule has 0 bridgehead atoms. The summed E-state index contributed by atoms with van der Waals surface area (Å²) in [6.45, 7) is 3.00. The van der Waals surface area contributed by atoms with E-state index in [2.05, 4.69) is 5.32 Å². The Kier molecular flexibility index (Phi) is 7.65. The number of carbonyl (C=O) groups excluding carboxylic acids is 3. The van der Waals surface area contributed by atoms with Crippen LogP contribution in [0.25, 0.3) is 0 Å². The molecule has 0 unspecified atom stereocenters. The maximum absolute atomic E-state index is 12.6. The molecule has 1 saturated heterocycles. The summed E-state index contributed by atoms with van der Waals surface area (Å²) in [5, 5.41) is 2.94. The summed E-state index contributed by atoms with van der Waals surface area (Å²) in [5.41, 5.74) is 1.47. The van der Waals surface area contributed by atoms with Crippen molar-refractivity contribution in [1.29, 1.82) is 0 Å². The van der Waals surface area contributed by atoms with Gasteiger partial charge in [0.1, 0.15) is 5.75 Å². The number of piperidine rings is 1. The number of nitrogens with one attached hydrogen (secondary N) is 1. The normalized spacial score (nSPS) is 14.1. The first-order valence-electron chi connectivity index (χ1n) is 10.5. The maximum atomic E-state index is 12.6. The Balaban J connectivity index is 1.41. The highest BCUT2D eigenvalue weighted by Gasteiger charge is 2.27. The second kappa shape index (κ2) is 10.6. The molecule has 2 aromatic rings. The van der Waals surface area contributed by atoms with Crippen LogP contribution >= 0.6 is 0 Å². The number of anilines is 2. The molecule has 1 fully saturated rings. The number of hydrogen-bond acceptors (Lipinski definition) is 4. The van der Waals surface area contributed by atoms with Crippen LogP contribution in [0, 0.1) is 5.92 Å². The van der Waals surface area contributed by atoms with Gasteiger partial charge in [-0.15, -0.1) is 0 Å². The van der Waals surface area contributed by atoms with Crippen molar-refractivity contribution in [3.05, 3.63) is 54.6 Å². The molecule has 7 heteroatoms. The van der Waals surface area contributed by atoms with E-state index in [1.807, 2.05) is 35.2 Å². The van der Waals surface area contributed by atoms with Gasteiger partial charge < -0.3 is 19.9 Å². The van der Waals surface area contributed by atoms with Gasteiger partial charge in [-0.2, -0.15) is 0 Å². The minimum atomic E-state index is -0.121. The number of para-hydroxylation sites is 1. The van der Waals surface area contributed by atoms with Crippen molar-refractivity contribution in [2.45, 2.75) is 26.2 Å². The molecule has 1 heterocycles. The number of carbonyl (C=O) groups is 3. The summed E-state index contributed by atoms with van der Waals surface area (Å²) in [4.78, 5) is 39.8. The Morgan fingerprint density at radius 2 is 1.68 bits per heavy atom. The maximum Gasteiger partial charge on any atom is 0.227 e. The molecule has 3 rings (SSSR count). The van der Waals surface area contributed by atoms with E-state index < -0.39 is 0 Å². The lowest BCUT2D eigenvalue weighted by Crippen LogP contribution is -2.41. The molecule has 31 heavy (non-hydrogen) atoms. The molecule has 3 amide bonds. The summed E-state index contributed by atoms with van der Waals surface area (Å²) in [6.07, 6.45) is 1.61. The van der Waals surface area contributed by atoms with Crippen LogP contribution in [-0.4, -0.2) is 49.4 Å². The van der Waals surface area contributed by atoms with Crippen molar-refractivity contribution in [3.8, 4) is 5.75 Å². The topological polar surface area (TPSA) is 79.0 Å². The van der Waals surface area contributed by atoms with E-state index in [0.717, 1.165) is 11.4 Å². The monoisotopic (exact) mass is 423 g/mol. The number of nitrogens with zero attached hydrogens (tertiary/aromatic N) is 2. The first-order chi connectivity index (χ1) is 14.9. The smallest absolute Gasteiger partial charge is 0.227 e. The summed E-state index contributed by atoms with van der Waals surface area (Å²) in [6, 6.07) is 16.6. The van der Waals surface area contributed by atoms with Crippen LogP contribution in [0.1, 0.15) is 26.2 Å². The third-order valence-corrected chi connectivity index (χ3v) is 5.54. The SMILES string of the molecule is CC(=O)N(C)c1ccc(NC(=O)C2CCN(C(=O)CCOc3ccccc3)CC2)cc1. The van der Waals surface area contributed by atoms with Gasteiger partial charge in [-0.3, -0.25) is 14.4 Å². The first-order valence-corrected chi connectivity index (χ1v) is 10.5. The molecular formula is C24H29N3O4. The molecule has 164 valence electrons. The average molecular weight is 424 g/mol. The number of amides is 3. The number of rotatable bonds is 7. The van der Waals surface area contributed by atoms with Gasteiger partial charge in [0.15, 0.2) is 0 Å². The van der Waals surface area contributed by atoms with E-state index in [1.165, 1.54) is 6.92 Å². The van der Waals surface area contributed by atoms with E-state index in [1.54, 1.807) is 36.2 Å². The molecule has 0 atom stereocenters. The van der Waals surface area contributed by atoms with Gasteiger partial charge in [-0.25, -0.2) is 0 Å². The Morgan fingerprint density at radius 1 is 1.03 bits per heavy atom. The highest BCUT2D eigenvalue weighted by atomic mass is 16.5. The summed E-state index contributed by atoms with van der Waals surface area (Å²) >= 11 is 0. The van der Waals surface area contributed by atoms with Gasteiger partial charge >= 0.3 is 0 Å². The lowest BCUT2D eigenvalue weighted by atomic mass is 9.95. The minimum absolute atomic E-state index is 0.0350. The first kappa shape index (κ1) is 22.3. The van der Waals surface area contributed by atoms with E-state index in [-0.39, 0.29) is 23.6 Å². The van der Waals surface area contributed by atoms with E-state index >= 15 is 0 Å². The summed E-state index contributed by atoms with van der Waals surface area (Å²) in [5.74, 6) is 0.604. The minimum Gasteiger partial charge on any atom is -0.493 e. The highest BCUT2D eigenvalue weighted by Crippen LogP contribution is 2.22. The van der Waals surface area contributed by atoms with Crippen molar-refractivity contribution in [1.82, 2.24) is 4.90 Å². The number of ether oxygens (including phenoxy) is 1. The Hall–Kier alpha value is -3.35. The fourth-order valence-electron chi connectivity index (χ4n) is 3.52.